The van der Waals surface area contributed by atoms with Crippen molar-refractivity contribution in [2.75, 3.05) is 24.6 Å². The Labute approximate surface area is 347 Å². The van der Waals surface area contributed by atoms with Crippen molar-refractivity contribution in [1.29, 1.82) is 0 Å². The zero-order chi connectivity index (χ0) is 44.2. The number of anilines is 1. The fourth-order valence-corrected chi connectivity index (χ4v) is 6.50. The first-order valence-corrected chi connectivity index (χ1v) is 19.3. The first-order valence-electron chi connectivity index (χ1n) is 19.3. The molecule has 0 unspecified atom stereocenters. The predicted molar refractivity (Wildman–Crippen MR) is 217 cm³/mol. The number of carboxylic acids is 1. The molecule has 0 aliphatic heterocycles. The molecule has 0 bridgehead atoms. The molecular formula is C42H51N7O11. The van der Waals surface area contributed by atoms with Gasteiger partial charge in [-0.25, -0.2) is 34.1 Å². The number of fused-ring (bicyclic) bond motifs is 4. The second-order valence-electron chi connectivity index (χ2n) is 17.0. The number of nitrogens with zero attached hydrogens (tertiary/aromatic N) is 6. The van der Waals surface area contributed by atoms with Crippen molar-refractivity contribution in [2.45, 2.75) is 104 Å². The maximum Gasteiger partial charge on any atom is 0.425 e. The number of rotatable bonds is 12. The van der Waals surface area contributed by atoms with Gasteiger partial charge in [-0.1, -0.05) is 48.5 Å². The Kier molecular flexibility index (Phi) is 13.1. The minimum Gasteiger partial charge on any atom is -0.480 e. The summed E-state index contributed by atoms with van der Waals surface area (Å²) in [6.45, 7) is 13.4. The van der Waals surface area contributed by atoms with Gasteiger partial charge >= 0.3 is 30.2 Å². The number of imide groups is 1. The van der Waals surface area contributed by atoms with Crippen molar-refractivity contribution in [1.82, 2.24) is 29.7 Å². The molecule has 0 saturated heterocycles. The summed E-state index contributed by atoms with van der Waals surface area (Å²) in [5.41, 5.74) is 1.06. The zero-order valence-corrected chi connectivity index (χ0v) is 35.2. The number of ether oxygens (including phenoxy) is 4. The van der Waals surface area contributed by atoms with Gasteiger partial charge in [0.25, 0.3) is 0 Å². The Morgan fingerprint density at radius 1 is 0.783 bits per heavy atom. The van der Waals surface area contributed by atoms with Crippen molar-refractivity contribution in [3.05, 3.63) is 72.3 Å². The molecule has 2 aromatic heterocycles. The number of esters is 1. The number of alkyl carbamates (subject to hydrolysis) is 1. The van der Waals surface area contributed by atoms with E-state index in [-0.39, 0.29) is 42.6 Å². The van der Waals surface area contributed by atoms with Crippen LogP contribution in [0.15, 0.2) is 61.2 Å². The Morgan fingerprint density at radius 2 is 1.33 bits per heavy atom. The van der Waals surface area contributed by atoms with E-state index in [0.717, 1.165) is 33.5 Å². The first-order chi connectivity index (χ1) is 28.0. The number of nitrogens with one attached hydrogen (secondary N) is 1. The summed E-state index contributed by atoms with van der Waals surface area (Å²) < 4.78 is 23.2. The number of carboxylic acid groups (broad SMARTS) is 1. The molecule has 18 nitrogen and oxygen atoms in total. The van der Waals surface area contributed by atoms with Crippen LogP contribution in [0.25, 0.3) is 22.3 Å². The third-order valence-corrected chi connectivity index (χ3v) is 8.78. The van der Waals surface area contributed by atoms with Crippen LogP contribution in [0.1, 0.15) is 85.8 Å². The molecule has 0 fully saturated rings. The summed E-state index contributed by atoms with van der Waals surface area (Å²) in [7, 11) is 0. The van der Waals surface area contributed by atoms with Crippen LogP contribution in [0.4, 0.5) is 20.2 Å². The molecule has 0 saturated carbocycles. The van der Waals surface area contributed by atoms with Gasteiger partial charge < -0.3 is 38.8 Å². The van der Waals surface area contributed by atoms with Crippen molar-refractivity contribution < 1.29 is 52.8 Å². The van der Waals surface area contributed by atoms with Gasteiger partial charge in [-0.15, -0.1) is 0 Å². The van der Waals surface area contributed by atoms with Gasteiger partial charge in [0.05, 0.1) is 12.7 Å². The summed E-state index contributed by atoms with van der Waals surface area (Å²) in [6.07, 6.45) is -1.48. The summed E-state index contributed by atoms with van der Waals surface area (Å²) >= 11 is 0. The lowest BCUT2D eigenvalue weighted by Crippen LogP contribution is -2.50. The Bertz CT molecular complexity index is 2200. The Balaban J connectivity index is 1.37. The molecule has 1 aliphatic rings. The maximum absolute atomic E-state index is 14.1. The molecule has 18 heteroatoms. The lowest BCUT2D eigenvalue weighted by atomic mass is 9.98. The molecule has 0 spiro atoms. The first kappa shape index (κ1) is 44.5. The van der Waals surface area contributed by atoms with Crippen LogP contribution in [0.3, 0.4) is 0 Å². The largest absolute Gasteiger partial charge is 0.480 e. The lowest BCUT2D eigenvalue weighted by molar-refractivity contribution is -0.162. The standard InChI is InChI=1S/C42H51N7O11/c1-40(2,3)58-32(51)20-30(36(52)53)48(19-18-43-37(54)57-22-29-27-16-12-10-14-25(27)26-15-11-13-17-28(26)29)31(50)21-47-24-46-33-34(47)44-23-45-35(33)49(38(55)59-41(4,5)6)39(56)60-42(7,8)9/h10-17,23-24,29-30H,18-22H2,1-9H3,(H,43,54)(H,52,53)/t30-/m0/s1. The lowest BCUT2D eigenvalue weighted by Gasteiger charge is -2.30. The number of imidazole rings is 1. The van der Waals surface area contributed by atoms with E-state index >= 15 is 0 Å². The van der Waals surface area contributed by atoms with Crippen LogP contribution in [-0.2, 0) is 39.9 Å². The number of aromatic nitrogens is 4. The second-order valence-corrected chi connectivity index (χ2v) is 17.0. The number of hydrogen-bond donors (Lipinski definition) is 2. The molecule has 4 aromatic rings. The molecule has 4 amide bonds. The molecule has 5 rings (SSSR count). The number of amides is 4. The number of benzene rings is 2. The van der Waals surface area contributed by atoms with Crippen LogP contribution in [-0.4, -0.2) is 108 Å². The van der Waals surface area contributed by atoms with E-state index in [1.165, 1.54) is 10.9 Å². The molecule has 0 radical (unpaired) electrons. The van der Waals surface area contributed by atoms with Crippen LogP contribution in [0.5, 0.6) is 0 Å². The van der Waals surface area contributed by atoms with Gasteiger partial charge in [0.15, 0.2) is 17.0 Å². The number of carbonyl (C=O) groups is 6. The van der Waals surface area contributed by atoms with E-state index in [1.807, 2.05) is 48.5 Å². The molecule has 2 heterocycles. The maximum atomic E-state index is 14.1. The van der Waals surface area contributed by atoms with Crippen LogP contribution in [0.2, 0.25) is 0 Å². The van der Waals surface area contributed by atoms with Gasteiger partial charge in [-0.2, -0.15) is 4.90 Å². The summed E-state index contributed by atoms with van der Waals surface area (Å²) in [4.78, 5) is 93.7. The third-order valence-electron chi connectivity index (χ3n) is 8.78. The topological polar surface area (TPSA) is 222 Å². The third kappa shape index (κ3) is 11.1. The Hall–Kier alpha value is -6.59. The van der Waals surface area contributed by atoms with Crippen molar-refractivity contribution >= 4 is 53.1 Å². The van der Waals surface area contributed by atoms with E-state index in [1.54, 1.807) is 62.3 Å². The van der Waals surface area contributed by atoms with Crippen molar-refractivity contribution in [3.8, 4) is 11.1 Å². The van der Waals surface area contributed by atoms with E-state index in [0.29, 0.717) is 4.90 Å². The zero-order valence-electron chi connectivity index (χ0n) is 35.2. The van der Waals surface area contributed by atoms with Crippen molar-refractivity contribution in [3.63, 3.8) is 0 Å². The van der Waals surface area contributed by atoms with Crippen molar-refractivity contribution in [2.24, 2.45) is 0 Å². The van der Waals surface area contributed by atoms with Gasteiger partial charge in [0.2, 0.25) is 5.91 Å². The fourth-order valence-electron chi connectivity index (χ4n) is 6.50. The summed E-state index contributed by atoms with van der Waals surface area (Å²) in [5, 5.41) is 12.9. The molecule has 320 valence electrons. The predicted octanol–water partition coefficient (Wildman–Crippen LogP) is 6.06. The van der Waals surface area contributed by atoms with E-state index in [9.17, 15) is 33.9 Å². The van der Waals surface area contributed by atoms with Crippen LogP contribution < -0.4 is 10.2 Å². The molecule has 60 heavy (non-hydrogen) atoms. The molecule has 1 atom stereocenters. The van der Waals surface area contributed by atoms with Gasteiger partial charge in [-0.3, -0.25) is 9.59 Å². The number of hydrogen-bond acceptors (Lipinski definition) is 13. The van der Waals surface area contributed by atoms with E-state index < -0.39 is 71.9 Å². The highest BCUT2D eigenvalue weighted by Gasteiger charge is 2.37. The molecule has 2 N–H and O–H groups in total. The quantitative estimate of drug-likeness (QED) is 0.123. The minimum absolute atomic E-state index is 0.0128. The highest BCUT2D eigenvalue weighted by Crippen LogP contribution is 2.44. The fraction of sp³-hybridized carbons (Fsp3) is 0.452. The summed E-state index contributed by atoms with van der Waals surface area (Å²) in [5.74, 6) is -3.68. The SMILES string of the molecule is CC(C)(C)OC(=O)C[C@@H](C(=O)O)N(CCNC(=O)OCC1c2ccccc2-c2ccccc21)C(=O)Cn1cnc2c(N(C(=O)OC(C)(C)C)C(=O)OC(C)(C)C)ncnc21. The summed E-state index contributed by atoms with van der Waals surface area (Å²) in [6, 6.07) is 14.0. The van der Waals surface area contributed by atoms with Gasteiger partial charge in [0.1, 0.15) is 42.3 Å². The van der Waals surface area contributed by atoms with E-state index in [2.05, 4.69) is 20.3 Å². The highest BCUT2D eigenvalue weighted by molar-refractivity contribution is 6.12. The average Bonchev–Trinajstić information content (AvgIpc) is 3.68. The average molecular weight is 830 g/mol. The smallest absolute Gasteiger partial charge is 0.425 e. The normalized spacial score (nSPS) is 13.1. The van der Waals surface area contributed by atoms with Crippen LogP contribution >= 0.6 is 0 Å². The molecular weight excluding hydrogens is 778 g/mol. The van der Waals surface area contributed by atoms with E-state index in [4.69, 9.17) is 18.9 Å². The highest BCUT2D eigenvalue weighted by atomic mass is 16.6. The Morgan fingerprint density at radius 3 is 1.87 bits per heavy atom. The molecule has 2 aromatic carbocycles. The van der Waals surface area contributed by atoms with Crippen LogP contribution in [0, 0.1) is 0 Å². The number of aliphatic carboxylic acids is 1. The molecule has 1 aliphatic carbocycles. The van der Waals surface area contributed by atoms with Gasteiger partial charge in [0, 0.05) is 19.0 Å². The number of carbonyl (C=O) groups excluding carboxylic acids is 5. The monoisotopic (exact) mass is 829 g/mol. The van der Waals surface area contributed by atoms with Gasteiger partial charge in [-0.05, 0) is 84.6 Å². The minimum atomic E-state index is -1.72. The second kappa shape index (κ2) is 17.7.